The monoisotopic (exact) mass is 285 g/mol. The normalized spacial score (nSPS) is 16.1. The molecule has 0 bridgehead atoms. The van der Waals surface area contributed by atoms with E-state index in [1.165, 1.54) is 11.8 Å². The zero-order valence-electron chi connectivity index (χ0n) is 9.48. The first-order valence-corrected chi connectivity index (χ1v) is 6.81. The van der Waals surface area contributed by atoms with Gasteiger partial charge in [-0.25, -0.2) is 4.79 Å². The van der Waals surface area contributed by atoms with Crippen molar-refractivity contribution in [3.05, 3.63) is 29.3 Å². The fourth-order valence-corrected chi connectivity index (χ4v) is 2.32. The molecule has 0 radical (unpaired) electrons. The second-order valence-corrected chi connectivity index (χ2v) is 5.66. The SMILES string of the molecule is O=C(CSc1ccc(Cl)cc1)NC1(C(=O)O)CC1. The van der Waals surface area contributed by atoms with Crippen LogP contribution in [0.25, 0.3) is 0 Å². The van der Waals surface area contributed by atoms with Crippen LogP contribution in [0.5, 0.6) is 0 Å². The molecule has 1 aromatic rings. The molecule has 96 valence electrons. The quantitative estimate of drug-likeness (QED) is 0.814. The molecule has 0 saturated heterocycles. The van der Waals surface area contributed by atoms with Gasteiger partial charge in [0.15, 0.2) is 0 Å². The summed E-state index contributed by atoms with van der Waals surface area (Å²) in [6, 6.07) is 7.15. The van der Waals surface area contributed by atoms with Crippen LogP contribution in [0.2, 0.25) is 5.02 Å². The number of hydrogen-bond acceptors (Lipinski definition) is 3. The Kier molecular flexibility index (Phi) is 3.82. The molecule has 1 aromatic carbocycles. The van der Waals surface area contributed by atoms with Gasteiger partial charge in [-0.05, 0) is 37.1 Å². The molecule has 1 fully saturated rings. The number of carboxylic acids is 1. The summed E-state index contributed by atoms with van der Waals surface area (Å²) in [7, 11) is 0. The van der Waals surface area contributed by atoms with E-state index in [1.54, 1.807) is 12.1 Å². The number of amides is 1. The maximum Gasteiger partial charge on any atom is 0.329 e. The molecule has 0 spiro atoms. The van der Waals surface area contributed by atoms with Gasteiger partial charge in [0, 0.05) is 9.92 Å². The zero-order chi connectivity index (χ0) is 13.2. The van der Waals surface area contributed by atoms with Gasteiger partial charge in [-0.2, -0.15) is 0 Å². The minimum absolute atomic E-state index is 0.205. The van der Waals surface area contributed by atoms with E-state index < -0.39 is 11.5 Å². The molecule has 2 rings (SSSR count). The largest absolute Gasteiger partial charge is 0.480 e. The number of carboxylic acid groups (broad SMARTS) is 1. The van der Waals surface area contributed by atoms with Crippen LogP contribution in [0.15, 0.2) is 29.2 Å². The summed E-state index contributed by atoms with van der Waals surface area (Å²) < 4.78 is 0. The van der Waals surface area contributed by atoms with Gasteiger partial charge in [0.05, 0.1) is 5.75 Å². The summed E-state index contributed by atoms with van der Waals surface area (Å²) in [5, 5.41) is 12.1. The van der Waals surface area contributed by atoms with Crippen molar-refractivity contribution in [2.45, 2.75) is 23.3 Å². The summed E-state index contributed by atoms with van der Waals surface area (Å²) >= 11 is 7.10. The van der Waals surface area contributed by atoms with Crippen LogP contribution in [-0.4, -0.2) is 28.3 Å². The van der Waals surface area contributed by atoms with E-state index in [1.807, 2.05) is 12.1 Å². The number of nitrogens with one attached hydrogen (secondary N) is 1. The Hall–Kier alpha value is -1.20. The third-order valence-corrected chi connectivity index (χ3v) is 3.99. The molecule has 4 nitrogen and oxygen atoms in total. The van der Waals surface area contributed by atoms with Crippen LogP contribution in [-0.2, 0) is 9.59 Å². The topological polar surface area (TPSA) is 66.4 Å². The van der Waals surface area contributed by atoms with Gasteiger partial charge in [0.2, 0.25) is 5.91 Å². The average molecular weight is 286 g/mol. The van der Waals surface area contributed by atoms with E-state index >= 15 is 0 Å². The Morgan fingerprint density at radius 3 is 2.44 bits per heavy atom. The molecular formula is C12H12ClNO3S. The molecular weight excluding hydrogens is 274 g/mol. The fraction of sp³-hybridized carbons (Fsp3) is 0.333. The highest BCUT2D eigenvalue weighted by molar-refractivity contribution is 8.00. The number of hydrogen-bond donors (Lipinski definition) is 2. The molecule has 0 aliphatic heterocycles. The fourth-order valence-electron chi connectivity index (χ4n) is 1.50. The number of thioether (sulfide) groups is 1. The Bertz CT molecular complexity index is 471. The van der Waals surface area contributed by atoms with E-state index in [2.05, 4.69) is 5.32 Å². The number of carbonyl (C=O) groups excluding carboxylic acids is 1. The third-order valence-electron chi connectivity index (χ3n) is 2.72. The van der Waals surface area contributed by atoms with Crippen LogP contribution in [0, 0.1) is 0 Å². The molecule has 0 atom stereocenters. The molecule has 6 heteroatoms. The lowest BCUT2D eigenvalue weighted by atomic mass is 10.3. The second-order valence-electron chi connectivity index (χ2n) is 4.18. The molecule has 0 heterocycles. The van der Waals surface area contributed by atoms with E-state index in [0.29, 0.717) is 17.9 Å². The van der Waals surface area contributed by atoms with Crippen LogP contribution in [0.1, 0.15) is 12.8 Å². The van der Waals surface area contributed by atoms with Gasteiger partial charge in [-0.15, -0.1) is 11.8 Å². The van der Waals surface area contributed by atoms with Crippen molar-refractivity contribution in [3.63, 3.8) is 0 Å². The predicted octanol–water partition coefficient (Wildman–Crippen LogP) is 2.17. The zero-order valence-corrected chi connectivity index (χ0v) is 11.1. The molecule has 0 unspecified atom stereocenters. The number of benzene rings is 1. The van der Waals surface area contributed by atoms with E-state index in [-0.39, 0.29) is 11.7 Å². The van der Waals surface area contributed by atoms with Gasteiger partial charge in [-0.1, -0.05) is 11.6 Å². The highest BCUT2D eigenvalue weighted by Crippen LogP contribution is 2.35. The van der Waals surface area contributed by atoms with Crippen molar-refractivity contribution in [2.24, 2.45) is 0 Å². The molecule has 0 aromatic heterocycles. The smallest absolute Gasteiger partial charge is 0.329 e. The summed E-state index contributed by atoms with van der Waals surface area (Å²) in [6.07, 6.45) is 1.03. The van der Waals surface area contributed by atoms with E-state index in [4.69, 9.17) is 16.7 Å². The Morgan fingerprint density at radius 2 is 1.94 bits per heavy atom. The number of carbonyl (C=O) groups is 2. The Balaban J connectivity index is 1.82. The first-order chi connectivity index (χ1) is 8.52. The summed E-state index contributed by atoms with van der Waals surface area (Å²) in [4.78, 5) is 23.4. The first-order valence-electron chi connectivity index (χ1n) is 5.45. The van der Waals surface area contributed by atoms with Crippen LogP contribution in [0.4, 0.5) is 0 Å². The van der Waals surface area contributed by atoms with Crippen molar-refractivity contribution in [1.29, 1.82) is 0 Å². The van der Waals surface area contributed by atoms with Crippen molar-refractivity contribution < 1.29 is 14.7 Å². The van der Waals surface area contributed by atoms with Crippen molar-refractivity contribution in [3.8, 4) is 0 Å². The predicted molar refractivity (Wildman–Crippen MR) is 69.9 cm³/mol. The first kappa shape index (κ1) is 13.2. The number of rotatable bonds is 5. The van der Waals surface area contributed by atoms with Crippen LogP contribution in [0.3, 0.4) is 0 Å². The third kappa shape index (κ3) is 3.17. The van der Waals surface area contributed by atoms with Gasteiger partial charge in [0.25, 0.3) is 0 Å². The minimum Gasteiger partial charge on any atom is -0.480 e. The van der Waals surface area contributed by atoms with Gasteiger partial charge in [0.1, 0.15) is 5.54 Å². The summed E-state index contributed by atoms with van der Waals surface area (Å²) in [6.45, 7) is 0. The summed E-state index contributed by atoms with van der Waals surface area (Å²) in [5.74, 6) is -1.00. The van der Waals surface area contributed by atoms with Gasteiger partial charge >= 0.3 is 5.97 Å². The maximum atomic E-state index is 11.6. The lowest BCUT2D eigenvalue weighted by Gasteiger charge is -2.11. The van der Waals surface area contributed by atoms with E-state index in [9.17, 15) is 9.59 Å². The van der Waals surface area contributed by atoms with Crippen LogP contribution >= 0.6 is 23.4 Å². The molecule has 1 saturated carbocycles. The van der Waals surface area contributed by atoms with E-state index in [0.717, 1.165) is 4.90 Å². The standard InChI is InChI=1S/C12H12ClNO3S/c13-8-1-3-9(4-2-8)18-7-10(15)14-12(5-6-12)11(16)17/h1-4H,5-7H2,(H,14,15)(H,16,17). The second kappa shape index (κ2) is 5.20. The Morgan fingerprint density at radius 1 is 1.33 bits per heavy atom. The lowest BCUT2D eigenvalue weighted by Crippen LogP contribution is -2.43. The minimum atomic E-state index is -1.00. The van der Waals surface area contributed by atoms with Crippen molar-refractivity contribution in [2.75, 3.05) is 5.75 Å². The molecule has 2 N–H and O–H groups in total. The summed E-state index contributed by atoms with van der Waals surface area (Å²) in [5.41, 5.74) is -1.00. The Labute approximate surface area is 114 Å². The number of aliphatic carboxylic acids is 1. The molecule has 1 amide bonds. The molecule has 1 aliphatic carbocycles. The maximum absolute atomic E-state index is 11.6. The highest BCUT2D eigenvalue weighted by Gasteiger charge is 2.51. The molecule has 1 aliphatic rings. The lowest BCUT2D eigenvalue weighted by molar-refractivity contribution is -0.142. The van der Waals surface area contributed by atoms with Crippen LogP contribution < -0.4 is 5.32 Å². The van der Waals surface area contributed by atoms with Gasteiger partial charge in [-0.3, -0.25) is 4.79 Å². The van der Waals surface area contributed by atoms with Gasteiger partial charge < -0.3 is 10.4 Å². The molecule has 18 heavy (non-hydrogen) atoms. The highest BCUT2D eigenvalue weighted by atomic mass is 35.5. The van der Waals surface area contributed by atoms with Crippen molar-refractivity contribution in [1.82, 2.24) is 5.32 Å². The van der Waals surface area contributed by atoms with Crippen molar-refractivity contribution >= 4 is 35.2 Å². The average Bonchev–Trinajstić information content (AvgIpc) is 3.09. The number of halogens is 1.